The van der Waals surface area contributed by atoms with Gasteiger partial charge < -0.3 is 5.32 Å². The lowest BCUT2D eigenvalue weighted by Gasteiger charge is -2.37. The molecule has 0 spiro atoms. The van der Waals surface area contributed by atoms with Crippen LogP contribution in [0.25, 0.3) is 0 Å². The van der Waals surface area contributed by atoms with Gasteiger partial charge in [-0.2, -0.15) is 0 Å². The monoisotopic (exact) mass is 334 g/mol. The van der Waals surface area contributed by atoms with Gasteiger partial charge in [-0.15, -0.1) is 11.3 Å². The first-order chi connectivity index (χ1) is 9.49. The summed E-state index contributed by atoms with van der Waals surface area (Å²) in [5.74, 6) is 0. The topological polar surface area (TPSA) is 15.3 Å². The molecular formula is C15H24Cl2N2S. The predicted molar refractivity (Wildman–Crippen MR) is 90.2 cm³/mol. The van der Waals surface area contributed by atoms with E-state index in [1.165, 1.54) is 30.6 Å². The molecule has 2 nitrogen and oxygen atoms in total. The molecule has 2 heterocycles. The standard InChI is InChI=1S/C15H24Cl2N2S/c1-10(2)19(9-12-6-4-5-7-18-12)11(3)13-8-14(16)20-15(13)17/h8,10-12,18H,4-7,9H2,1-3H3. The highest BCUT2D eigenvalue weighted by Gasteiger charge is 2.25. The third kappa shape index (κ3) is 4.11. The molecule has 0 radical (unpaired) electrons. The van der Waals surface area contributed by atoms with Crippen molar-refractivity contribution in [1.29, 1.82) is 0 Å². The Bertz CT molecular complexity index is 428. The number of rotatable bonds is 5. The third-order valence-electron chi connectivity index (χ3n) is 4.14. The molecule has 5 heteroatoms. The van der Waals surface area contributed by atoms with Crippen molar-refractivity contribution in [1.82, 2.24) is 10.2 Å². The van der Waals surface area contributed by atoms with Crippen molar-refractivity contribution in [3.05, 3.63) is 20.3 Å². The van der Waals surface area contributed by atoms with Crippen molar-refractivity contribution in [3.8, 4) is 0 Å². The maximum Gasteiger partial charge on any atom is 0.0991 e. The van der Waals surface area contributed by atoms with Crippen LogP contribution in [0.5, 0.6) is 0 Å². The van der Waals surface area contributed by atoms with Crippen LogP contribution in [-0.4, -0.2) is 30.1 Å². The highest BCUT2D eigenvalue weighted by molar-refractivity contribution is 7.20. The van der Waals surface area contributed by atoms with E-state index in [1.54, 1.807) is 0 Å². The summed E-state index contributed by atoms with van der Waals surface area (Å²) in [6, 6.07) is 3.41. The van der Waals surface area contributed by atoms with Crippen LogP contribution >= 0.6 is 34.5 Å². The van der Waals surface area contributed by atoms with E-state index in [1.807, 2.05) is 6.07 Å². The molecule has 2 atom stereocenters. The van der Waals surface area contributed by atoms with Gasteiger partial charge in [0.1, 0.15) is 0 Å². The first-order valence-corrected chi connectivity index (χ1v) is 9.00. The van der Waals surface area contributed by atoms with Crippen molar-refractivity contribution in [2.75, 3.05) is 13.1 Å². The van der Waals surface area contributed by atoms with Crippen molar-refractivity contribution in [2.24, 2.45) is 0 Å². The Morgan fingerprint density at radius 3 is 2.60 bits per heavy atom. The number of halogens is 2. The number of hydrogen-bond donors (Lipinski definition) is 1. The lowest BCUT2D eigenvalue weighted by molar-refractivity contribution is 0.138. The second-order valence-electron chi connectivity index (χ2n) is 5.89. The molecule has 0 bridgehead atoms. The molecule has 0 saturated carbocycles. The van der Waals surface area contributed by atoms with Gasteiger partial charge in [-0.25, -0.2) is 0 Å². The molecule has 1 aromatic heterocycles. The molecule has 114 valence electrons. The van der Waals surface area contributed by atoms with Crippen LogP contribution in [0, 0.1) is 0 Å². The molecule has 1 aliphatic rings. The minimum atomic E-state index is 0.301. The molecule has 0 amide bonds. The van der Waals surface area contributed by atoms with Gasteiger partial charge in [0, 0.05) is 30.2 Å². The van der Waals surface area contributed by atoms with Crippen LogP contribution in [0.4, 0.5) is 0 Å². The molecular weight excluding hydrogens is 311 g/mol. The Hall–Kier alpha value is 0.200. The molecule has 1 aromatic rings. The van der Waals surface area contributed by atoms with Crippen molar-refractivity contribution in [3.63, 3.8) is 0 Å². The lowest BCUT2D eigenvalue weighted by atomic mass is 10.0. The Balaban J connectivity index is 2.09. The van der Waals surface area contributed by atoms with E-state index >= 15 is 0 Å². The highest BCUT2D eigenvalue weighted by Crippen LogP contribution is 2.37. The van der Waals surface area contributed by atoms with E-state index in [0.29, 0.717) is 18.1 Å². The molecule has 2 rings (SSSR count). The Morgan fingerprint density at radius 1 is 1.35 bits per heavy atom. The zero-order valence-electron chi connectivity index (χ0n) is 12.5. The fraction of sp³-hybridized carbons (Fsp3) is 0.733. The number of piperidine rings is 1. The van der Waals surface area contributed by atoms with Crippen LogP contribution in [-0.2, 0) is 0 Å². The average molecular weight is 335 g/mol. The molecule has 2 unspecified atom stereocenters. The minimum Gasteiger partial charge on any atom is -0.313 e. The van der Waals surface area contributed by atoms with E-state index in [2.05, 4.69) is 31.0 Å². The maximum absolute atomic E-state index is 6.32. The number of thiophene rings is 1. The fourth-order valence-corrected chi connectivity index (χ4v) is 4.60. The minimum absolute atomic E-state index is 0.301. The fourth-order valence-electron chi connectivity index (χ4n) is 2.97. The zero-order valence-corrected chi connectivity index (χ0v) is 14.8. The average Bonchev–Trinajstić information content (AvgIpc) is 2.75. The summed E-state index contributed by atoms with van der Waals surface area (Å²) in [6.45, 7) is 8.95. The number of hydrogen-bond acceptors (Lipinski definition) is 3. The highest BCUT2D eigenvalue weighted by atomic mass is 35.5. The summed E-state index contributed by atoms with van der Waals surface area (Å²) in [5, 5.41) is 3.63. The van der Waals surface area contributed by atoms with E-state index in [0.717, 1.165) is 27.3 Å². The van der Waals surface area contributed by atoms with Crippen LogP contribution in [0.15, 0.2) is 6.07 Å². The summed E-state index contributed by atoms with van der Waals surface area (Å²) >= 11 is 13.9. The van der Waals surface area contributed by atoms with E-state index in [4.69, 9.17) is 23.2 Å². The summed E-state index contributed by atoms with van der Waals surface area (Å²) < 4.78 is 1.60. The summed E-state index contributed by atoms with van der Waals surface area (Å²) in [4.78, 5) is 2.52. The van der Waals surface area contributed by atoms with E-state index < -0.39 is 0 Å². The first-order valence-electron chi connectivity index (χ1n) is 7.43. The molecule has 1 fully saturated rings. The van der Waals surface area contributed by atoms with Gasteiger partial charge in [0.15, 0.2) is 0 Å². The van der Waals surface area contributed by atoms with Crippen LogP contribution in [0.3, 0.4) is 0 Å². The van der Waals surface area contributed by atoms with Gasteiger partial charge in [-0.05, 0) is 46.2 Å². The van der Waals surface area contributed by atoms with Gasteiger partial charge in [0.2, 0.25) is 0 Å². The van der Waals surface area contributed by atoms with Gasteiger partial charge in [0.05, 0.1) is 8.67 Å². The molecule has 1 N–H and O–H groups in total. The summed E-state index contributed by atoms with van der Waals surface area (Å²) in [7, 11) is 0. The van der Waals surface area contributed by atoms with Gasteiger partial charge >= 0.3 is 0 Å². The van der Waals surface area contributed by atoms with E-state index in [-0.39, 0.29) is 0 Å². The van der Waals surface area contributed by atoms with Gasteiger partial charge in [0.25, 0.3) is 0 Å². The van der Waals surface area contributed by atoms with Crippen LogP contribution in [0.2, 0.25) is 8.67 Å². The quantitative estimate of drug-likeness (QED) is 0.817. The summed E-state index contributed by atoms with van der Waals surface area (Å²) in [6.07, 6.45) is 3.91. The lowest BCUT2D eigenvalue weighted by Crippen LogP contribution is -2.46. The molecule has 0 aromatic carbocycles. The van der Waals surface area contributed by atoms with Crippen molar-refractivity contribution in [2.45, 2.75) is 58.2 Å². The zero-order chi connectivity index (χ0) is 14.7. The van der Waals surface area contributed by atoms with Gasteiger partial charge in [-0.1, -0.05) is 29.6 Å². The van der Waals surface area contributed by atoms with Crippen LogP contribution in [0.1, 0.15) is 51.6 Å². The predicted octanol–water partition coefficient (Wildman–Crippen LogP) is 4.97. The smallest absolute Gasteiger partial charge is 0.0991 e. The van der Waals surface area contributed by atoms with Gasteiger partial charge in [-0.3, -0.25) is 4.90 Å². The SMILES string of the molecule is CC(C)N(CC1CCCCN1)C(C)c1cc(Cl)sc1Cl. The third-order valence-corrected chi connectivity index (χ3v) is 5.66. The molecule has 1 saturated heterocycles. The normalized spacial score (nSPS) is 21.6. The van der Waals surface area contributed by atoms with Crippen LogP contribution < -0.4 is 5.32 Å². The second kappa shape index (κ2) is 7.46. The number of nitrogens with one attached hydrogen (secondary N) is 1. The van der Waals surface area contributed by atoms with Crippen molar-refractivity contribution >= 4 is 34.5 Å². The largest absolute Gasteiger partial charge is 0.313 e. The summed E-state index contributed by atoms with van der Waals surface area (Å²) in [5.41, 5.74) is 1.16. The molecule has 0 aliphatic carbocycles. The maximum atomic E-state index is 6.32. The molecule has 20 heavy (non-hydrogen) atoms. The Morgan fingerprint density at radius 2 is 2.10 bits per heavy atom. The second-order valence-corrected chi connectivity index (χ2v) is 8.18. The Kier molecular flexibility index (Phi) is 6.18. The van der Waals surface area contributed by atoms with E-state index in [9.17, 15) is 0 Å². The van der Waals surface area contributed by atoms with Crippen molar-refractivity contribution < 1.29 is 0 Å². The first kappa shape index (κ1) is 16.6. The Labute approximate surface area is 136 Å². The number of nitrogens with zero attached hydrogens (tertiary/aromatic N) is 1. The molecule has 1 aliphatic heterocycles.